The van der Waals surface area contributed by atoms with Gasteiger partial charge in [0.15, 0.2) is 28.6 Å². The van der Waals surface area contributed by atoms with Crippen LogP contribution in [-0.4, -0.2) is 98.4 Å². The van der Waals surface area contributed by atoms with E-state index in [1.54, 1.807) is 68.8 Å². The largest absolute Gasteiger partial charge is 0.497 e. The minimum absolute atomic E-state index is 0.000922. The number of aliphatic hydroxyl groups is 3. The van der Waals surface area contributed by atoms with E-state index in [-0.39, 0.29) is 44.1 Å². The van der Waals surface area contributed by atoms with E-state index in [1.165, 1.54) is 19.1 Å². The molecule has 0 fully saturated rings. The smallest absolute Gasteiger partial charge is 0.290 e. The van der Waals surface area contributed by atoms with Crippen LogP contribution in [0.5, 0.6) is 28.7 Å². The average Bonchev–Trinajstić information content (AvgIpc) is 3.77. The predicted octanol–water partition coefficient (Wildman–Crippen LogP) is 2.97. The third-order valence-electron chi connectivity index (χ3n) is 9.16. The van der Waals surface area contributed by atoms with E-state index in [2.05, 4.69) is 5.32 Å². The van der Waals surface area contributed by atoms with Crippen molar-refractivity contribution in [1.82, 2.24) is 10.2 Å². The Balaban J connectivity index is 1.47. The third kappa shape index (κ3) is 6.30. The number of carbonyl (C=O) groups is 2. The summed E-state index contributed by atoms with van der Waals surface area (Å²) in [6.07, 6.45) is -0.505. The van der Waals surface area contributed by atoms with Crippen LogP contribution in [0.1, 0.15) is 33.2 Å². The van der Waals surface area contributed by atoms with Crippen molar-refractivity contribution in [3.05, 3.63) is 88.7 Å². The van der Waals surface area contributed by atoms with E-state index < -0.39 is 36.0 Å². The molecule has 0 radical (unpaired) electrons. The minimum atomic E-state index is -1.33. The van der Waals surface area contributed by atoms with Crippen LogP contribution in [0, 0.1) is 0 Å². The molecule has 4 N–H and O–H groups in total. The maximum absolute atomic E-state index is 14.6. The second kappa shape index (κ2) is 14.7. The van der Waals surface area contributed by atoms with Crippen molar-refractivity contribution in [3.8, 4) is 28.7 Å². The topological polar surface area (TPSA) is 169 Å². The summed E-state index contributed by atoms with van der Waals surface area (Å²) < 4.78 is 34.5. The molecule has 50 heavy (non-hydrogen) atoms. The first-order valence-electron chi connectivity index (χ1n) is 16.1. The summed E-state index contributed by atoms with van der Waals surface area (Å²) >= 11 is 0. The van der Waals surface area contributed by atoms with E-state index in [1.807, 2.05) is 6.07 Å². The molecule has 2 heterocycles. The number of fused-ring (bicyclic) bond motifs is 4. The first-order valence-corrected chi connectivity index (χ1v) is 16.1. The number of ether oxygens (including phenoxy) is 5. The number of amides is 2. The second-order valence-corrected chi connectivity index (χ2v) is 11.9. The van der Waals surface area contributed by atoms with Crippen LogP contribution in [0.2, 0.25) is 0 Å². The predicted molar refractivity (Wildman–Crippen MR) is 181 cm³/mol. The maximum atomic E-state index is 14.6. The number of hydrogen-bond donors (Lipinski definition) is 4. The summed E-state index contributed by atoms with van der Waals surface area (Å²) in [5.41, 5.74) is 2.43. The molecule has 1 aromatic heterocycles. The Morgan fingerprint density at radius 1 is 0.920 bits per heavy atom. The van der Waals surface area contributed by atoms with Crippen molar-refractivity contribution in [3.63, 3.8) is 0 Å². The summed E-state index contributed by atoms with van der Waals surface area (Å²) in [5, 5.41) is 35.0. The van der Waals surface area contributed by atoms with Crippen LogP contribution in [0.4, 0.5) is 0 Å². The van der Waals surface area contributed by atoms with Crippen molar-refractivity contribution < 1.29 is 53.0 Å². The van der Waals surface area contributed by atoms with Crippen LogP contribution in [0.25, 0.3) is 11.0 Å². The molecule has 4 unspecified atom stereocenters. The molecule has 264 valence electrons. The SMILES string of the molecule is COc1ccc(OC)c(CCN(C(=O)c2cc3cccc(OC)c3o2)C2C=C(C(=O)NCCO)C3c4cc(CO)cc(OC)c4OC3C2O)c1. The summed E-state index contributed by atoms with van der Waals surface area (Å²) in [5.74, 6) is 0.447. The van der Waals surface area contributed by atoms with Crippen LogP contribution < -0.4 is 29.0 Å². The lowest BCUT2D eigenvalue weighted by atomic mass is 9.77. The number of hydrogen-bond acceptors (Lipinski definition) is 11. The van der Waals surface area contributed by atoms with E-state index in [4.69, 9.17) is 28.1 Å². The van der Waals surface area contributed by atoms with Gasteiger partial charge < -0.3 is 53.6 Å². The molecule has 0 spiro atoms. The molecular formula is C37H40N2O11. The number of para-hydroxylation sites is 1. The molecule has 4 atom stereocenters. The molecule has 2 aliphatic rings. The maximum Gasteiger partial charge on any atom is 0.290 e. The summed E-state index contributed by atoms with van der Waals surface area (Å²) in [6.45, 7) is -0.548. The van der Waals surface area contributed by atoms with Gasteiger partial charge in [0.1, 0.15) is 23.7 Å². The molecule has 0 bridgehead atoms. The number of methoxy groups -OCH3 is 4. The lowest BCUT2D eigenvalue weighted by molar-refractivity contribution is -0.118. The van der Waals surface area contributed by atoms with Crippen molar-refractivity contribution in [2.75, 3.05) is 48.1 Å². The van der Waals surface area contributed by atoms with Gasteiger partial charge in [-0.2, -0.15) is 0 Å². The first-order chi connectivity index (χ1) is 24.3. The van der Waals surface area contributed by atoms with Crippen molar-refractivity contribution in [2.24, 2.45) is 0 Å². The lowest BCUT2D eigenvalue weighted by Crippen LogP contribution is -2.56. The Bertz CT molecular complexity index is 1920. The average molecular weight is 689 g/mol. The monoisotopic (exact) mass is 688 g/mol. The molecule has 0 saturated carbocycles. The summed E-state index contributed by atoms with van der Waals surface area (Å²) in [7, 11) is 6.07. The van der Waals surface area contributed by atoms with Gasteiger partial charge in [-0.25, -0.2) is 0 Å². The van der Waals surface area contributed by atoms with Gasteiger partial charge in [-0.15, -0.1) is 0 Å². The fourth-order valence-electron chi connectivity index (χ4n) is 6.77. The van der Waals surface area contributed by atoms with Gasteiger partial charge in [0.2, 0.25) is 5.91 Å². The number of furan rings is 1. The summed E-state index contributed by atoms with van der Waals surface area (Å²) in [4.78, 5) is 29.8. The fourth-order valence-corrected chi connectivity index (χ4v) is 6.77. The van der Waals surface area contributed by atoms with Gasteiger partial charge in [-0.05, 0) is 66.1 Å². The number of benzene rings is 3. The van der Waals surface area contributed by atoms with E-state index in [0.29, 0.717) is 50.8 Å². The standard InChI is InChI=1S/C37H40N2O11/c1-45-23-8-9-27(46-2)21(16-23)10-12-39(37(44)30-17-22-6-5-7-28(47-3)33(22)49-30)26-18-25(36(43)38-11-13-40)31-24-14-20(19-41)15-29(48-4)34(24)50-35(31)32(26)42/h5-9,14-18,26,31-32,35,40-42H,10-13,19H2,1-4H3,(H,38,43). The number of nitrogens with zero attached hydrogens (tertiary/aromatic N) is 1. The molecule has 6 rings (SSSR count). The highest BCUT2D eigenvalue weighted by Crippen LogP contribution is 2.51. The zero-order valence-corrected chi connectivity index (χ0v) is 28.2. The Morgan fingerprint density at radius 2 is 1.70 bits per heavy atom. The molecular weight excluding hydrogens is 648 g/mol. The first kappa shape index (κ1) is 34.6. The highest BCUT2D eigenvalue weighted by molar-refractivity contribution is 5.99. The van der Waals surface area contributed by atoms with Crippen LogP contribution in [-0.2, 0) is 17.8 Å². The molecule has 2 amide bonds. The number of aliphatic hydroxyl groups excluding tert-OH is 3. The zero-order chi connectivity index (χ0) is 35.5. The highest BCUT2D eigenvalue weighted by atomic mass is 16.5. The van der Waals surface area contributed by atoms with Gasteiger partial charge in [0.05, 0.1) is 53.6 Å². The Labute approximate surface area is 288 Å². The quantitative estimate of drug-likeness (QED) is 0.163. The van der Waals surface area contributed by atoms with Gasteiger partial charge >= 0.3 is 0 Å². The van der Waals surface area contributed by atoms with Gasteiger partial charge in [-0.3, -0.25) is 9.59 Å². The van der Waals surface area contributed by atoms with Gasteiger partial charge in [-0.1, -0.05) is 12.1 Å². The molecule has 13 nitrogen and oxygen atoms in total. The Kier molecular flexibility index (Phi) is 10.2. The van der Waals surface area contributed by atoms with Crippen molar-refractivity contribution in [2.45, 2.75) is 37.2 Å². The van der Waals surface area contributed by atoms with E-state index in [0.717, 1.165) is 5.56 Å². The van der Waals surface area contributed by atoms with E-state index >= 15 is 0 Å². The number of carbonyl (C=O) groups excluding carboxylic acids is 2. The van der Waals surface area contributed by atoms with Crippen LogP contribution in [0.3, 0.4) is 0 Å². The van der Waals surface area contributed by atoms with Crippen molar-refractivity contribution in [1.29, 1.82) is 0 Å². The van der Waals surface area contributed by atoms with E-state index in [9.17, 15) is 24.9 Å². The Hall–Kier alpha value is -5.24. The number of nitrogens with one attached hydrogen (secondary N) is 1. The number of rotatable bonds is 13. The summed E-state index contributed by atoms with van der Waals surface area (Å²) in [6, 6.07) is 14.5. The third-order valence-corrected chi connectivity index (χ3v) is 9.16. The molecule has 4 aromatic rings. The molecule has 3 aromatic carbocycles. The highest BCUT2D eigenvalue weighted by Gasteiger charge is 2.51. The van der Waals surface area contributed by atoms with Gasteiger partial charge in [0, 0.05) is 29.6 Å². The van der Waals surface area contributed by atoms with Crippen LogP contribution in [0.15, 0.2) is 70.7 Å². The second-order valence-electron chi connectivity index (χ2n) is 11.9. The molecule has 0 saturated heterocycles. The normalized spacial score (nSPS) is 19.1. The molecule has 1 aliphatic carbocycles. The van der Waals surface area contributed by atoms with Crippen LogP contribution >= 0.6 is 0 Å². The fraction of sp³-hybridized carbons (Fsp3) is 0.351. The van der Waals surface area contributed by atoms with Gasteiger partial charge in [0.25, 0.3) is 5.91 Å². The molecule has 1 aliphatic heterocycles. The lowest BCUT2D eigenvalue weighted by Gasteiger charge is -2.40. The zero-order valence-electron chi connectivity index (χ0n) is 28.2. The molecule has 13 heteroatoms. The Morgan fingerprint density at radius 3 is 2.40 bits per heavy atom. The van der Waals surface area contributed by atoms with Crippen molar-refractivity contribution >= 4 is 22.8 Å². The minimum Gasteiger partial charge on any atom is -0.497 e.